The number of benzene rings is 2. The molecule has 0 saturated carbocycles. The zero-order chi connectivity index (χ0) is 19.3. The fraction of sp³-hybridized carbons (Fsp3) is 0.263. The van der Waals surface area contributed by atoms with Gasteiger partial charge < -0.3 is 15.4 Å². The van der Waals surface area contributed by atoms with Crippen LogP contribution in [0.4, 0.5) is 11.4 Å². The fourth-order valence-electron chi connectivity index (χ4n) is 2.05. The highest BCUT2D eigenvalue weighted by Gasteiger charge is 2.36. The lowest BCUT2D eigenvalue weighted by atomic mass is 9.90. The summed E-state index contributed by atoms with van der Waals surface area (Å²) in [6, 6.07) is 11.7. The van der Waals surface area contributed by atoms with Crippen LogP contribution in [0.25, 0.3) is 0 Å². The van der Waals surface area contributed by atoms with Gasteiger partial charge in [0.05, 0.1) is 16.7 Å². The molecule has 2 aromatic rings. The van der Waals surface area contributed by atoms with Crippen molar-refractivity contribution < 1.29 is 14.3 Å². The van der Waals surface area contributed by atoms with Crippen molar-refractivity contribution >= 4 is 46.4 Å². The Kier molecular flexibility index (Phi) is 6.51. The Morgan fingerprint density at radius 1 is 0.923 bits per heavy atom. The summed E-state index contributed by atoms with van der Waals surface area (Å²) in [6.45, 7) is 5.55. The normalized spacial score (nSPS) is 11.0. The van der Waals surface area contributed by atoms with Crippen LogP contribution in [0.2, 0.25) is 10.0 Å². The van der Waals surface area contributed by atoms with Gasteiger partial charge in [-0.25, -0.2) is 0 Å². The minimum atomic E-state index is -1.30. The fourth-order valence-corrected chi connectivity index (χ4v) is 2.35. The minimum absolute atomic E-state index is 0.320. The highest BCUT2D eigenvalue weighted by Crippen LogP contribution is 2.27. The van der Waals surface area contributed by atoms with Crippen LogP contribution in [0.15, 0.2) is 42.5 Å². The van der Waals surface area contributed by atoms with Crippen LogP contribution in [-0.2, 0) is 9.59 Å². The number of ether oxygens (including phenoxy) is 1. The first kappa shape index (κ1) is 20.1. The Bertz CT molecular complexity index is 805. The zero-order valence-corrected chi connectivity index (χ0v) is 16.2. The molecule has 2 amide bonds. The molecule has 0 atom stereocenters. The molecule has 7 heteroatoms. The summed E-state index contributed by atoms with van der Waals surface area (Å²) in [5, 5.41) is 6.12. The number of hydrogen-bond acceptors (Lipinski definition) is 3. The molecule has 0 aliphatic carbocycles. The monoisotopic (exact) mass is 394 g/mol. The van der Waals surface area contributed by atoms with E-state index in [1.807, 2.05) is 6.92 Å². The topological polar surface area (TPSA) is 67.4 Å². The van der Waals surface area contributed by atoms with Gasteiger partial charge in [-0.1, -0.05) is 23.2 Å². The smallest absolute Gasteiger partial charge is 0.239 e. The van der Waals surface area contributed by atoms with Crippen molar-refractivity contribution in [3.8, 4) is 5.75 Å². The molecule has 2 rings (SSSR count). The quantitative estimate of drug-likeness (QED) is 0.677. The van der Waals surface area contributed by atoms with Crippen molar-refractivity contribution in [1.29, 1.82) is 0 Å². The molecular weight excluding hydrogens is 375 g/mol. The number of carbonyl (C=O) groups excluding carboxylic acids is 2. The van der Waals surface area contributed by atoms with Gasteiger partial charge in [0.1, 0.15) is 11.2 Å². The number of rotatable bonds is 6. The molecule has 0 unspecified atom stereocenters. The molecule has 0 heterocycles. The zero-order valence-electron chi connectivity index (χ0n) is 14.7. The summed E-state index contributed by atoms with van der Waals surface area (Å²) < 4.78 is 5.36. The maximum absolute atomic E-state index is 12.5. The Balaban J connectivity index is 2.05. The maximum Gasteiger partial charge on any atom is 0.239 e. The molecule has 0 radical (unpaired) electrons. The number of amides is 2. The molecule has 138 valence electrons. The Labute approximate surface area is 162 Å². The van der Waals surface area contributed by atoms with Gasteiger partial charge in [0.2, 0.25) is 11.8 Å². The van der Waals surface area contributed by atoms with Crippen molar-refractivity contribution in [2.24, 2.45) is 5.41 Å². The Morgan fingerprint density at radius 3 is 2.00 bits per heavy atom. The summed E-state index contributed by atoms with van der Waals surface area (Å²) >= 11 is 11.8. The van der Waals surface area contributed by atoms with Gasteiger partial charge in [-0.05, 0) is 63.2 Å². The van der Waals surface area contributed by atoms with Crippen molar-refractivity contribution in [2.75, 3.05) is 17.2 Å². The third-order valence-electron chi connectivity index (χ3n) is 3.74. The number of halogens is 2. The van der Waals surface area contributed by atoms with Gasteiger partial charge >= 0.3 is 0 Å². The predicted octanol–water partition coefficient (Wildman–Crippen LogP) is 5.00. The lowest BCUT2D eigenvalue weighted by molar-refractivity contribution is -0.135. The number of nitrogens with one attached hydrogen (secondary N) is 2. The van der Waals surface area contributed by atoms with Gasteiger partial charge in [-0.2, -0.15) is 0 Å². The van der Waals surface area contributed by atoms with Gasteiger partial charge in [0.15, 0.2) is 0 Å². The van der Waals surface area contributed by atoms with Gasteiger partial charge in [-0.15, -0.1) is 0 Å². The van der Waals surface area contributed by atoms with E-state index in [1.54, 1.807) is 50.2 Å². The molecule has 0 bridgehead atoms. The molecule has 2 N–H and O–H groups in total. The predicted molar refractivity (Wildman–Crippen MR) is 105 cm³/mol. The third-order valence-corrected chi connectivity index (χ3v) is 4.47. The second-order valence-corrected chi connectivity index (χ2v) is 6.93. The molecule has 26 heavy (non-hydrogen) atoms. The van der Waals surface area contributed by atoms with Gasteiger partial charge in [0.25, 0.3) is 0 Å². The summed E-state index contributed by atoms with van der Waals surface area (Å²) in [6.07, 6.45) is 0. The Morgan fingerprint density at radius 2 is 1.46 bits per heavy atom. The highest BCUT2D eigenvalue weighted by molar-refractivity contribution is 6.42. The average Bonchev–Trinajstić information content (AvgIpc) is 2.60. The third kappa shape index (κ3) is 4.90. The first-order valence-corrected chi connectivity index (χ1v) is 8.80. The molecule has 0 saturated heterocycles. The number of anilines is 2. The molecule has 5 nitrogen and oxygen atoms in total. The lowest BCUT2D eigenvalue weighted by Gasteiger charge is -2.23. The molecule has 0 aliphatic rings. The summed E-state index contributed by atoms with van der Waals surface area (Å²) in [5.41, 5.74) is -0.259. The minimum Gasteiger partial charge on any atom is -0.494 e. The van der Waals surface area contributed by atoms with Crippen LogP contribution in [0, 0.1) is 5.41 Å². The van der Waals surface area contributed by atoms with E-state index in [2.05, 4.69) is 10.6 Å². The number of hydrogen-bond donors (Lipinski definition) is 2. The molecular formula is C19H20Cl2N2O3. The number of carbonyl (C=O) groups is 2. The second-order valence-electron chi connectivity index (χ2n) is 6.12. The highest BCUT2D eigenvalue weighted by atomic mass is 35.5. The molecule has 0 spiro atoms. The summed E-state index contributed by atoms with van der Waals surface area (Å²) in [7, 11) is 0. The van der Waals surface area contributed by atoms with Crippen LogP contribution in [0.5, 0.6) is 5.75 Å². The molecule has 0 aliphatic heterocycles. The van der Waals surface area contributed by atoms with E-state index in [9.17, 15) is 9.59 Å². The van der Waals surface area contributed by atoms with Crippen LogP contribution in [0.1, 0.15) is 20.8 Å². The van der Waals surface area contributed by atoms with E-state index in [0.717, 1.165) is 0 Å². The van der Waals surface area contributed by atoms with Crippen LogP contribution >= 0.6 is 23.2 Å². The van der Waals surface area contributed by atoms with E-state index in [0.29, 0.717) is 33.8 Å². The average molecular weight is 395 g/mol. The first-order chi connectivity index (χ1) is 12.2. The van der Waals surface area contributed by atoms with Gasteiger partial charge in [0, 0.05) is 11.4 Å². The second kappa shape index (κ2) is 8.43. The molecule has 0 aromatic heterocycles. The summed E-state index contributed by atoms with van der Waals surface area (Å²) in [5.74, 6) is -0.180. The Hall–Kier alpha value is -2.24. The van der Waals surface area contributed by atoms with Crippen LogP contribution in [0.3, 0.4) is 0 Å². The van der Waals surface area contributed by atoms with Gasteiger partial charge in [-0.3, -0.25) is 9.59 Å². The van der Waals surface area contributed by atoms with Crippen molar-refractivity contribution in [3.05, 3.63) is 52.5 Å². The largest absolute Gasteiger partial charge is 0.494 e. The van der Waals surface area contributed by atoms with E-state index in [-0.39, 0.29) is 0 Å². The van der Waals surface area contributed by atoms with E-state index >= 15 is 0 Å². The molecule has 0 fully saturated rings. The van der Waals surface area contributed by atoms with Crippen molar-refractivity contribution in [3.63, 3.8) is 0 Å². The van der Waals surface area contributed by atoms with Crippen LogP contribution < -0.4 is 15.4 Å². The summed E-state index contributed by atoms with van der Waals surface area (Å²) in [4.78, 5) is 25.1. The molecule has 2 aromatic carbocycles. The van der Waals surface area contributed by atoms with E-state index in [4.69, 9.17) is 27.9 Å². The van der Waals surface area contributed by atoms with Crippen LogP contribution in [-0.4, -0.2) is 18.4 Å². The van der Waals surface area contributed by atoms with Crippen molar-refractivity contribution in [2.45, 2.75) is 20.8 Å². The van der Waals surface area contributed by atoms with Crippen molar-refractivity contribution in [1.82, 2.24) is 0 Å². The first-order valence-electron chi connectivity index (χ1n) is 8.05. The standard InChI is InChI=1S/C19H20Cl2N2O3/c1-4-26-14-8-5-12(6-9-14)22-17(24)19(2,3)18(25)23-13-7-10-15(20)16(21)11-13/h5-11H,4H2,1-3H3,(H,22,24)(H,23,25). The lowest BCUT2D eigenvalue weighted by Crippen LogP contribution is -2.41. The van der Waals surface area contributed by atoms with E-state index < -0.39 is 17.2 Å². The van der Waals surface area contributed by atoms with E-state index in [1.165, 1.54) is 6.07 Å². The maximum atomic E-state index is 12.5. The SMILES string of the molecule is CCOc1ccc(NC(=O)C(C)(C)C(=O)Nc2ccc(Cl)c(Cl)c2)cc1.